The van der Waals surface area contributed by atoms with E-state index in [1.54, 1.807) is 5.57 Å². The predicted molar refractivity (Wildman–Crippen MR) is 147 cm³/mol. The molecule has 1 spiro atoms. The third-order valence-electron chi connectivity index (χ3n) is 9.78. The lowest BCUT2D eigenvalue weighted by Crippen LogP contribution is -2.69. The van der Waals surface area contributed by atoms with E-state index in [0.29, 0.717) is 12.0 Å². The molecule has 3 nitrogen and oxygen atoms in total. The van der Waals surface area contributed by atoms with Crippen molar-refractivity contribution < 1.29 is 5.11 Å². The molecule has 1 N–H and O–H groups in total. The molecule has 2 fully saturated rings. The highest BCUT2D eigenvalue weighted by Gasteiger charge is 2.59. The zero-order chi connectivity index (χ0) is 23.9. The van der Waals surface area contributed by atoms with Crippen LogP contribution in [0.15, 0.2) is 48.1 Å². The van der Waals surface area contributed by atoms with Gasteiger partial charge in [-0.15, -0.1) is 0 Å². The van der Waals surface area contributed by atoms with Crippen molar-refractivity contribution in [3.8, 4) is 0 Å². The summed E-state index contributed by atoms with van der Waals surface area (Å²) in [5, 5.41) is 11.2. The Bertz CT molecular complexity index is 797. The number of hydrogen-bond donors (Lipinski definition) is 1. The minimum atomic E-state index is -0.343. The number of allylic oxidation sites excluding steroid dienone is 3. The maximum Gasteiger partial charge on any atom is 0.0730 e. The second-order valence-corrected chi connectivity index (χ2v) is 12.2. The van der Waals surface area contributed by atoms with Crippen molar-refractivity contribution in [3.05, 3.63) is 48.1 Å². The Morgan fingerprint density at radius 1 is 0.800 bits per heavy atom. The Morgan fingerprint density at radius 3 is 2.46 bits per heavy atom. The highest BCUT2D eigenvalue weighted by molar-refractivity contribution is 5.31. The van der Waals surface area contributed by atoms with Gasteiger partial charge >= 0.3 is 0 Å². The van der Waals surface area contributed by atoms with Crippen LogP contribution < -0.4 is 0 Å². The molecular formula is C32H50N2O. The fraction of sp³-hybridized carbons (Fsp3) is 0.750. The lowest BCUT2D eigenvalue weighted by atomic mass is 9.51. The molecule has 7 unspecified atom stereocenters. The Labute approximate surface area is 215 Å². The second-order valence-electron chi connectivity index (χ2n) is 12.2. The molecule has 0 aromatic carbocycles. The predicted octanol–water partition coefficient (Wildman–Crippen LogP) is 6.66. The monoisotopic (exact) mass is 478 g/mol. The minimum absolute atomic E-state index is 0.186. The van der Waals surface area contributed by atoms with Crippen LogP contribution in [0.3, 0.4) is 0 Å². The SMILES string of the molecule is OC1/C=C\C=C/CCN2CC3C=C4CCCCCCCCCC/C=C/CCN5CCC3C(C1)(C5)C42. The Balaban J connectivity index is 1.43. The largest absolute Gasteiger partial charge is 0.389 e. The van der Waals surface area contributed by atoms with Gasteiger partial charge in [-0.05, 0) is 69.7 Å². The number of fused-ring (bicyclic) bond motifs is 1. The maximum atomic E-state index is 11.2. The van der Waals surface area contributed by atoms with Gasteiger partial charge in [0.05, 0.1) is 6.10 Å². The second kappa shape index (κ2) is 12.4. The first-order valence-corrected chi connectivity index (χ1v) is 15.1. The molecule has 5 heterocycles. The molecule has 6 rings (SSSR count). The van der Waals surface area contributed by atoms with Crippen molar-refractivity contribution in [2.45, 2.75) is 102 Å². The zero-order valence-corrected chi connectivity index (χ0v) is 22.1. The summed E-state index contributed by atoms with van der Waals surface area (Å²) in [6.45, 7) is 5.98. The zero-order valence-electron chi connectivity index (χ0n) is 22.1. The molecule has 0 aromatic rings. The maximum absolute atomic E-state index is 11.2. The van der Waals surface area contributed by atoms with E-state index in [1.165, 1.54) is 103 Å². The van der Waals surface area contributed by atoms with Crippen LogP contribution in [-0.4, -0.2) is 59.8 Å². The standard InChI is InChI=1S/C32H50N2O/c35-29-18-14-10-12-16-21-34-25-28-23-27-17-13-9-7-5-3-1-2-4-6-8-11-15-20-33-22-19-30(28)32(24-29,26-33)31(27)34/h8,10-12,14,18,23,28-31,35H,1-7,9,13,15-17,19-22,24-26H2/b11-8+,12-10-,18-14-. The quantitative estimate of drug-likeness (QED) is 0.394. The third-order valence-corrected chi connectivity index (χ3v) is 9.78. The van der Waals surface area contributed by atoms with E-state index >= 15 is 0 Å². The van der Waals surface area contributed by atoms with Gasteiger partial charge in [0.15, 0.2) is 0 Å². The molecular weight excluding hydrogens is 428 g/mol. The average Bonchev–Trinajstić information content (AvgIpc) is 2.87. The van der Waals surface area contributed by atoms with Gasteiger partial charge in [0.25, 0.3) is 0 Å². The van der Waals surface area contributed by atoms with Gasteiger partial charge < -0.3 is 10.0 Å². The first-order chi connectivity index (χ1) is 17.3. The summed E-state index contributed by atoms with van der Waals surface area (Å²) in [6, 6.07) is 0.521. The van der Waals surface area contributed by atoms with Crippen LogP contribution in [0.2, 0.25) is 0 Å². The summed E-state index contributed by atoms with van der Waals surface area (Å²) in [5.41, 5.74) is 1.92. The lowest BCUT2D eigenvalue weighted by Gasteiger charge is -2.64. The van der Waals surface area contributed by atoms with Crippen LogP contribution in [0.5, 0.6) is 0 Å². The molecule has 7 atom stereocenters. The van der Waals surface area contributed by atoms with E-state index in [4.69, 9.17) is 0 Å². The molecule has 0 saturated carbocycles. The van der Waals surface area contributed by atoms with E-state index in [1.807, 2.05) is 0 Å². The van der Waals surface area contributed by atoms with E-state index < -0.39 is 0 Å². The number of nitrogens with zero attached hydrogens (tertiary/aromatic N) is 2. The van der Waals surface area contributed by atoms with Crippen LogP contribution in [0.4, 0.5) is 0 Å². The third kappa shape index (κ3) is 6.05. The number of aliphatic hydroxyl groups excluding tert-OH is 1. The van der Waals surface area contributed by atoms with E-state index in [9.17, 15) is 5.11 Å². The van der Waals surface area contributed by atoms with Crippen LogP contribution in [0, 0.1) is 17.3 Å². The average molecular weight is 479 g/mol. The van der Waals surface area contributed by atoms with Crippen molar-refractivity contribution in [2.75, 3.05) is 32.7 Å². The Morgan fingerprint density at radius 2 is 1.57 bits per heavy atom. The smallest absolute Gasteiger partial charge is 0.0730 e. The minimum Gasteiger partial charge on any atom is -0.389 e. The van der Waals surface area contributed by atoms with Crippen LogP contribution in [0.25, 0.3) is 0 Å². The van der Waals surface area contributed by atoms with Gasteiger partial charge in [0.1, 0.15) is 0 Å². The fourth-order valence-electron chi connectivity index (χ4n) is 8.33. The molecule has 0 aromatic heterocycles. The van der Waals surface area contributed by atoms with Crippen LogP contribution in [-0.2, 0) is 0 Å². The summed E-state index contributed by atoms with van der Waals surface area (Å²) in [7, 11) is 0. The first-order valence-electron chi connectivity index (χ1n) is 15.1. The molecule has 5 aliphatic heterocycles. The van der Waals surface area contributed by atoms with Crippen molar-refractivity contribution in [1.82, 2.24) is 9.80 Å². The van der Waals surface area contributed by atoms with E-state index in [0.717, 1.165) is 25.3 Å². The number of rotatable bonds is 0. The van der Waals surface area contributed by atoms with E-state index in [-0.39, 0.29) is 11.5 Å². The van der Waals surface area contributed by atoms with Crippen LogP contribution >= 0.6 is 0 Å². The summed E-state index contributed by atoms with van der Waals surface area (Å²) >= 11 is 0. The molecule has 6 bridgehead atoms. The molecule has 194 valence electrons. The number of hydrogen-bond acceptors (Lipinski definition) is 3. The van der Waals surface area contributed by atoms with Gasteiger partial charge in [-0.3, -0.25) is 4.90 Å². The van der Waals surface area contributed by atoms with Crippen molar-refractivity contribution >= 4 is 0 Å². The number of aliphatic hydroxyl groups is 1. The summed E-state index contributed by atoms with van der Waals surface area (Å²) in [5.74, 6) is 1.40. The summed E-state index contributed by atoms with van der Waals surface area (Å²) in [4.78, 5) is 5.62. The highest BCUT2D eigenvalue weighted by Crippen LogP contribution is 2.57. The van der Waals surface area contributed by atoms with E-state index in [2.05, 4.69) is 52.3 Å². The molecule has 2 saturated heterocycles. The molecule has 0 radical (unpaired) electrons. The Hall–Kier alpha value is -1.16. The van der Waals surface area contributed by atoms with Gasteiger partial charge in [-0.25, -0.2) is 0 Å². The van der Waals surface area contributed by atoms with Crippen LogP contribution in [0.1, 0.15) is 89.9 Å². The topological polar surface area (TPSA) is 26.7 Å². The molecule has 1 aliphatic carbocycles. The molecule has 0 amide bonds. The van der Waals surface area contributed by atoms with Crippen molar-refractivity contribution in [2.24, 2.45) is 17.3 Å². The van der Waals surface area contributed by atoms with Crippen molar-refractivity contribution in [3.63, 3.8) is 0 Å². The van der Waals surface area contributed by atoms with Gasteiger partial charge in [-0.2, -0.15) is 0 Å². The van der Waals surface area contributed by atoms with Gasteiger partial charge in [0, 0.05) is 37.6 Å². The normalized spacial score (nSPS) is 44.1. The molecule has 35 heavy (non-hydrogen) atoms. The first kappa shape index (κ1) is 25.5. The lowest BCUT2D eigenvalue weighted by molar-refractivity contribution is -0.120. The molecule has 6 aliphatic rings. The van der Waals surface area contributed by atoms with Gasteiger partial charge in [-0.1, -0.05) is 86.6 Å². The summed E-state index contributed by atoms with van der Waals surface area (Å²) < 4.78 is 0. The highest BCUT2D eigenvalue weighted by atomic mass is 16.3. The van der Waals surface area contributed by atoms with Gasteiger partial charge in [0.2, 0.25) is 0 Å². The summed E-state index contributed by atoms with van der Waals surface area (Å²) in [6.07, 6.45) is 34.1. The number of piperidine rings is 2. The van der Waals surface area contributed by atoms with Crippen molar-refractivity contribution in [1.29, 1.82) is 0 Å². The fourth-order valence-corrected chi connectivity index (χ4v) is 8.33. The Kier molecular flexibility index (Phi) is 9.02. The molecule has 3 heteroatoms.